The quantitative estimate of drug-likeness (QED) is 0.900. The minimum Gasteiger partial charge on any atom is -0.486 e. The molecule has 1 aliphatic heterocycles. The molecule has 1 aliphatic rings. The maximum Gasteiger partial charge on any atom is 0.240 e. The number of hydrogen-bond donors (Lipinski definition) is 1. The Morgan fingerprint density at radius 1 is 1.21 bits per heavy atom. The van der Waals surface area contributed by atoms with E-state index in [1.165, 1.54) is 18.2 Å². The maximum atomic E-state index is 12.4. The molecule has 124 valence electrons. The lowest BCUT2D eigenvalue weighted by molar-refractivity contribution is 0.170. The Labute approximate surface area is 144 Å². The van der Waals surface area contributed by atoms with Gasteiger partial charge < -0.3 is 9.47 Å². The summed E-state index contributed by atoms with van der Waals surface area (Å²) in [6, 6.07) is 11.1. The van der Waals surface area contributed by atoms with Crippen molar-refractivity contribution in [3.8, 4) is 17.6 Å². The Morgan fingerprint density at radius 2 is 2.00 bits per heavy atom. The van der Waals surface area contributed by atoms with Gasteiger partial charge in [0.05, 0.1) is 15.5 Å². The standard InChI is InChI=1S/C16H13ClN2O4S/c17-14-5-4-13(8-12(14)9-18)24(20,21)19-10-11-2-1-3-15-16(11)23-7-6-22-15/h1-5,8,19H,6-7,10H2. The van der Waals surface area contributed by atoms with Crippen LogP contribution in [-0.2, 0) is 16.6 Å². The fourth-order valence-corrected chi connectivity index (χ4v) is 3.48. The lowest BCUT2D eigenvalue weighted by Crippen LogP contribution is -2.24. The molecule has 1 heterocycles. The lowest BCUT2D eigenvalue weighted by atomic mass is 10.2. The average Bonchev–Trinajstić information content (AvgIpc) is 2.60. The second kappa shape index (κ2) is 6.69. The highest BCUT2D eigenvalue weighted by molar-refractivity contribution is 7.89. The van der Waals surface area contributed by atoms with E-state index < -0.39 is 10.0 Å². The summed E-state index contributed by atoms with van der Waals surface area (Å²) in [7, 11) is -3.79. The van der Waals surface area contributed by atoms with Crippen molar-refractivity contribution in [2.24, 2.45) is 0 Å². The van der Waals surface area contributed by atoms with Crippen molar-refractivity contribution >= 4 is 21.6 Å². The fourth-order valence-electron chi connectivity index (χ4n) is 2.29. The Bertz CT molecular complexity index is 922. The van der Waals surface area contributed by atoms with Gasteiger partial charge in [-0.2, -0.15) is 5.26 Å². The van der Waals surface area contributed by atoms with E-state index in [1.54, 1.807) is 18.2 Å². The molecule has 0 saturated carbocycles. The molecule has 0 atom stereocenters. The Hall–Kier alpha value is -2.27. The van der Waals surface area contributed by atoms with Crippen LogP contribution in [0, 0.1) is 11.3 Å². The predicted molar refractivity (Wildman–Crippen MR) is 87.6 cm³/mol. The number of fused-ring (bicyclic) bond motifs is 1. The van der Waals surface area contributed by atoms with E-state index in [0.717, 1.165) is 0 Å². The van der Waals surface area contributed by atoms with Gasteiger partial charge in [0.25, 0.3) is 0 Å². The van der Waals surface area contributed by atoms with Crippen LogP contribution in [0.3, 0.4) is 0 Å². The first-order valence-corrected chi connectivity index (χ1v) is 8.94. The van der Waals surface area contributed by atoms with Crippen molar-refractivity contribution < 1.29 is 17.9 Å². The zero-order chi connectivity index (χ0) is 17.2. The van der Waals surface area contributed by atoms with Gasteiger partial charge in [-0.3, -0.25) is 0 Å². The first-order valence-electron chi connectivity index (χ1n) is 7.08. The molecule has 2 aromatic rings. The van der Waals surface area contributed by atoms with E-state index in [4.69, 9.17) is 26.3 Å². The highest BCUT2D eigenvalue weighted by atomic mass is 35.5. The zero-order valence-corrected chi connectivity index (χ0v) is 14.0. The van der Waals surface area contributed by atoms with Gasteiger partial charge in [-0.1, -0.05) is 23.7 Å². The molecule has 0 unspecified atom stereocenters. The van der Waals surface area contributed by atoms with Gasteiger partial charge in [0.2, 0.25) is 10.0 Å². The molecule has 0 saturated heterocycles. The van der Waals surface area contributed by atoms with Crippen LogP contribution >= 0.6 is 11.6 Å². The number of nitrogens with zero attached hydrogens (tertiary/aromatic N) is 1. The SMILES string of the molecule is N#Cc1cc(S(=O)(=O)NCc2cccc3c2OCCO3)ccc1Cl. The summed E-state index contributed by atoms with van der Waals surface area (Å²) in [4.78, 5) is -0.0228. The smallest absolute Gasteiger partial charge is 0.240 e. The summed E-state index contributed by atoms with van der Waals surface area (Å²) < 4.78 is 38.4. The van der Waals surface area contributed by atoms with Crippen LogP contribution in [0.4, 0.5) is 0 Å². The number of benzene rings is 2. The molecular formula is C16H13ClN2O4S. The highest BCUT2D eigenvalue weighted by Crippen LogP contribution is 2.33. The van der Waals surface area contributed by atoms with E-state index in [9.17, 15) is 8.42 Å². The third-order valence-electron chi connectivity index (χ3n) is 3.47. The molecule has 0 aromatic heterocycles. The summed E-state index contributed by atoms with van der Waals surface area (Å²) >= 11 is 5.83. The predicted octanol–water partition coefficient (Wildman–Crippen LogP) is 2.46. The first kappa shape index (κ1) is 16.6. The van der Waals surface area contributed by atoms with Gasteiger partial charge in [-0.05, 0) is 24.3 Å². The topological polar surface area (TPSA) is 88.4 Å². The van der Waals surface area contributed by atoms with Crippen molar-refractivity contribution in [2.75, 3.05) is 13.2 Å². The molecule has 24 heavy (non-hydrogen) atoms. The number of ether oxygens (including phenoxy) is 2. The van der Waals surface area contributed by atoms with Crippen molar-refractivity contribution in [3.05, 3.63) is 52.5 Å². The third kappa shape index (κ3) is 3.31. The van der Waals surface area contributed by atoms with Gasteiger partial charge in [0.1, 0.15) is 19.3 Å². The van der Waals surface area contributed by atoms with E-state index in [1.807, 2.05) is 6.07 Å². The van der Waals surface area contributed by atoms with Crippen LogP contribution in [-0.4, -0.2) is 21.6 Å². The summed E-state index contributed by atoms with van der Waals surface area (Å²) in [5, 5.41) is 9.18. The molecule has 0 radical (unpaired) electrons. The molecule has 0 fully saturated rings. The second-order valence-corrected chi connectivity index (χ2v) is 7.19. The van der Waals surface area contributed by atoms with Gasteiger partial charge in [-0.15, -0.1) is 0 Å². The van der Waals surface area contributed by atoms with Gasteiger partial charge >= 0.3 is 0 Å². The molecule has 6 nitrogen and oxygen atoms in total. The van der Waals surface area contributed by atoms with Crippen LogP contribution in [0.1, 0.15) is 11.1 Å². The number of hydrogen-bond acceptors (Lipinski definition) is 5. The van der Waals surface area contributed by atoms with Gasteiger partial charge in [0.15, 0.2) is 11.5 Å². The van der Waals surface area contributed by atoms with Crippen LogP contribution in [0.5, 0.6) is 11.5 Å². The molecule has 0 bridgehead atoms. The van der Waals surface area contributed by atoms with Crippen molar-refractivity contribution in [2.45, 2.75) is 11.4 Å². The largest absolute Gasteiger partial charge is 0.486 e. The fraction of sp³-hybridized carbons (Fsp3) is 0.188. The number of nitrogens with one attached hydrogen (secondary N) is 1. The normalized spacial score (nSPS) is 13.3. The van der Waals surface area contributed by atoms with Crippen LogP contribution in [0.15, 0.2) is 41.3 Å². The molecular weight excluding hydrogens is 352 g/mol. The number of nitriles is 1. The van der Waals surface area contributed by atoms with E-state index >= 15 is 0 Å². The van der Waals surface area contributed by atoms with Crippen molar-refractivity contribution in [1.29, 1.82) is 5.26 Å². The van der Waals surface area contributed by atoms with E-state index in [2.05, 4.69) is 4.72 Å². The molecule has 2 aromatic carbocycles. The zero-order valence-electron chi connectivity index (χ0n) is 12.5. The Morgan fingerprint density at radius 3 is 2.79 bits per heavy atom. The Kier molecular flexibility index (Phi) is 4.62. The average molecular weight is 365 g/mol. The molecule has 0 spiro atoms. The van der Waals surface area contributed by atoms with Gasteiger partial charge in [0, 0.05) is 12.1 Å². The minimum atomic E-state index is -3.79. The molecule has 3 rings (SSSR count). The first-order chi connectivity index (χ1) is 11.5. The molecule has 0 aliphatic carbocycles. The molecule has 1 N–H and O–H groups in total. The summed E-state index contributed by atoms with van der Waals surface area (Å²) in [6.45, 7) is 0.919. The lowest BCUT2D eigenvalue weighted by Gasteiger charge is -2.21. The molecule has 8 heteroatoms. The monoisotopic (exact) mass is 364 g/mol. The van der Waals surface area contributed by atoms with Crippen molar-refractivity contribution in [3.63, 3.8) is 0 Å². The maximum absolute atomic E-state index is 12.4. The number of para-hydroxylation sites is 1. The molecule has 0 amide bonds. The summed E-state index contributed by atoms with van der Waals surface area (Å²) in [5.74, 6) is 1.14. The summed E-state index contributed by atoms with van der Waals surface area (Å²) in [5.41, 5.74) is 0.776. The summed E-state index contributed by atoms with van der Waals surface area (Å²) in [6.07, 6.45) is 0. The van der Waals surface area contributed by atoms with Crippen LogP contribution < -0.4 is 14.2 Å². The van der Waals surface area contributed by atoms with E-state index in [-0.39, 0.29) is 22.0 Å². The minimum absolute atomic E-state index is 0.0228. The van der Waals surface area contributed by atoms with Crippen LogP contribution in [0.25, 0.3) is 0 Å². The van der Waals surface area contributed by atoms with Gasteiger partial charge in [-0.25, -0.2) is 13.1 Å². The highest BCUT2D eigenvalue weighted by Gasteiger charge is 2.19. The number of sulfonamides is 1. The van der Waals surface area contributed by atoms with E-state index in [0.29, 0.717) is 30.3 Å². The van der Waals surface area contributed by atoms with Crippen molar-refractivity contribution in [1.82, 2.24) is 4.72 Å². The Balaban J connectivity index is 1.83. The number of rotatable bonds is 4. The third-order valence-corrected chi connectivity index (χ3v) is 5.20. The van der Waals surface area contributed by atoms with Crippen LogP contribution in [0.2, 0.25) is 5.02 Å². The second-order valence-electron chi connectivity index (χ2n) is 5.02. The number of halogens is 1.